The van der Waals surface area contributed by atoms with Crippen molar-refractivity contribution >= 4 is 11.8 Å². The van der Waals surface area contributed by atoms with Crippen molar-refractivity contribution in [2.24, 2.45) is 5.41 Å². The van der Waals surface area contributed by atoms with E-state index in [4.69, 9.17) is 4.74 Å². The molecule has 1 spiro atoms. The van der Waals surface area contributed by atoms with E-state index in [0.717, 1.165) is 37.9 Å². The third-order valence-corrected chi connectivity index (χ3v) is 4.89. The number of hydrogen-bond acceptors (Lipinski definition) is 4. The number of hydrogen-bond donors (Lipinski definition) is 0. The molecule has 0 bridgehead atoms. The number of nitrogens with zero attached hydrogens (tertiary/aromatic N) is 3. The normalized spacial score (nSPS) is 24.5. The second-order valence-corrected chi connectivity index (χ2v) is 6.47. The molecule has 1 atom stereocenters. The quantitative estimate of drug-likeness (QED) is 0.833. The molecule has 124 valence electrons. The van der Waals surface area contributed by atoms with Gasteiger partial charge in [0.15, 0.2) is 0 Å². The minimum Gasteiger partial charge on any atom is -0.375 e. The van der Waals surface area contributed by atoms with E-state index in [1.165, 1.54) is 7.11 Å². The Bertz CT molecular complexity index is 578. The molecule has 1 aromatic rings. The summed E-state index contributed by atoms with van der Waals surface area (Å²) >= 11 is 0. The van der Waals surface area contributed by atoms with Gasteiger partial charge in [-0.05, 0) is 30.9 Å². The fraction of sp³-hybridized carbons (Fsp3) is 0.588. The molecule has 1 aromatic heterocycles. The fourth-order valence-electron chi connectivity index (χ4n) is 3.69. The molecule has 2 saturated heterocycles. The van der Waals surface area contributed by atoms with Crippen LogP contribution in [0.1, 0.15) is 24.8 Å². The Morgan fingerprint density at radius 1 is 1.39 bits per heavy atom. The largest absolute Gasteiger partial charge is 0.375 e. The summed E-state index contributed by atoms with van der Waals surface area (Å²) in [4.78, 5) is 32.8. The minimum absolute atomic E-state index is 0.0231. The van der Waals surface area contributed by atoms with Crippen LogP contribution in [0.4, 0.5) is 0 Å². The van der Waals surface area contributed by atoms with E-state index in [-0.39, 0.29) is 18.4 Å². The minimum atomic E-state index is -0.399. The SMILES string of the molecule is COCC(=O)N1CCC[C@]2(CCN(Cc3cccnc3)C2=O)C1. The van der Waals surface area contributed by atoms with Crippen molar-refractivity contribution in [3.63, 3.8) is 0 Å². The Labute approximate surface area is 136 Å². The van der Waals surface area contributed by atoms with Crippen molar-refractivity contribution in [2.75, 3.05) is 33.4 Å². The lowest BCUT2D eigenvalue weighted by Gasteiger charge is -2.39. The summed E-state index contributed by atoms with van der Waals surface area (Å²) in [6.45, 7) is 2.68. The van der Waals surface area contributed by atoms with E-state index in [0.29, 0.717) is 13.1 Å². The summed E-state index contributed by atoms with van der Waals surface area (Å²) in [5.41, 5.74) is 0.644. The zero-order chi connectivity index (χ0) is 16.3. The van der Waals surface area contributed by atoms with Gasteiger partial charge in [-0.3, -0.25) is 14.6 Å². The summed E-state index contributed by atoms with van der Waals surface area (Å²) in [5, 5.41) is 0. The van der Waals surface area contributed by atoms with Crippen LogP contribution in [0.3, 0.4) is 0 Å². The number of piperidine rings is 1. The lowest BCUT2D eigenvalue weighted by molar-refractivity contribution is -0.145. The van der Waals surface area contributed by atoms with Gasteiger partial charge < -0.3 is 14.5 Å². The van der Waals surface area contributed by atoms with Crippen LogP contribution < -0.4 is 0 Å². The first-order chi connectivity index (χ1) is 11.1. The maximum absolute atomic E-state index is 12.9. The first-order valence-corrected chi connectivity index (χ1v) is 8.10. The Kier molecular flexibility index (Phi) is 4.61. The second-order valence-electron chi connectivity index (χ2n) is 6.47. The van der Waals surface area contributed by atoms with Gasteiger partial charge in [0.25, 0.3) is 0 Å². The molecule has 0 saturated carbocycles. The van der Waals surface area contributed by atoms with E-state index in [1.54, 1.807) is 17.3 Å². The Morgan fingerprint density at radius 3 is 3.00 bits per heavy atom. The summed E-state index contributed by atoms with van der Waals surface area (Å²) in [6, 6.07) is 3.87. The van der Waals surface area contributed by atoms with E-state index >= 15 is 0 Å². The molecule has 0 unspecified atom stereocenters. The molecule has 0 N–H and O–H groups in total. The predicted molar refractivity (Wildman–Crippen MR) is 84.4 cm³/mol. The number of ether oxygens (including phenoxy) is 1. The molecule has 0 aromatic carbocycles. The van der Waals surface area contributed by atoms with Crippen molar-refractivity contribution in [3.05, 3.63) is 30.1 Å². The van der Waals surface area contributed by atoms with Crippen LogP contribution in [0.2, 0.25) is 0 Å². The number of rotatable bonds is 4. The van der Waals surface area contributed by atoms with Gasteiger partial charge in [-0.1, -0.05) is 6.07 Å². The maximum atomic E-state index is 12.9. The first kappa shape index (κ1) is 15.9. The van der Waals surface area contributed by atoms with Crippen molar-refractivity contribution in [1.82, 2.24) is 14.8 Å². The monoisotopic (exact) mass is 317 g/mol. The van der Waals surface area contributed by atoms with Gasteiger partial charge in [0.2, 0.25) is 11.8 Å². The molecule has 3 rings (SSSR count). The number of pyridine rings is 1. The number of carbonyl (C=O) groups excluding carboxylic acids is 2. The van der Waals surface area contributed by atoms with Gasteiger partial charge in [0.05, 0.1) is 5.41 Å². The summed E-state index contributed by atoms with van der Waals surface area (Å²) in [7, 11) is 1.52. The predicted octanol–water partition coefficient (Wildman–Crippen LogP) is 1.07. The lowest BCUT2D eigenvalue weighted by Crippen LogP contribution is -2.50. The third-order valence-electron chi connectivity index (χ3n) is 4.89. The fourth-order valence-corrected chi connectivity index (χ4v) is 3.69. The highest BCUT2D eigenvalue weighted by Crippen LogP contribution is 2.40. The van der Waals surface area contributed by atoms with E-state index < -0.39 is 5.41 Å². The smallest absolute Gasteiger partial charge is 0.248 e. The van der Waals surface area contributed by atoms with Gasteiger partial charge in [-0.25, -0.2) is 0 Å². The number of amides is 2. The molecule has 2 fully saturated rings. The van der Waals surface area contributed by atoms with Crippen molar-refractivity contribution in [2.45, 2.75) is 25.8 Å². The summed E-state index contributed by atoms with van der Waals surface area (Å²) < 4.78 is 4.94. The van der Waals surface area contributed by atoms with Crippen molar-refractivity contribution < 1.29 is 14.3 Å². The molecular weight excluding hydrogens is 294 g/mol. The molecule has 2 aliphatic rings. The zero-order valence-electron chi connectivity index (χ0n) is 13.5. The molecule has 2 amide bonds. The lowest BCUT2D eigenvalue weighted by atomic mass is 9.78. The van der Waals surface area contributed by atoms with Crippen LogP contribution >= 0.6 is 0 Å². The van der Waals surface area contributed by atoms with Gasteiger partial charge in [0.1, 0.15) is 6.61 Å². The van der Waals surface area contributed by atoms with E-state index in [2.05, 4.69) is 4.98 Å². The summed E-state index contributed by atoms with van der Waals surface area (Å²) in [6.07, 6.45) is 6.10. The van der Waals surface area contributed by atoms with Gasteiger partial charge >= 0.3 is 0 Å². The number of aromatic nitrogens is 1. The van der Waals surface area contributed by atoms with E-state index in [1.807, 2.05) is 17.0 Å². The van der Waals surface area contributed by atoms with Crippen LogP contribution in [0.25, 0.3) is 0 Å². The molecule has 6 nitrogen and oxygen atoms in total. The second kappa shape index (κ2) is 6.66. The molecule has 0 aliphatic carbocycles. The van der Waals surface area contributed by atoms with Gasteiger partial charge in [-0.15, -0.1) is 0 Å². The van der Waals surface area contributed by atoms with Crippen LogP contribution in [-0.4, -0.2) is 59.9 Å². The average molecular weight is 317 g/mol. The summed E-state index contributed by atoms with van der Waals surface area (Å²) in [5.74, 6) is 0.154. The van der Waals surface area contributed by atoms with Gasteiger partial charge in [0, 0.05) is 45.7 Å². The van der Waals surface area contributed by atoms with Crippen LogP contribution in [-0.2, 0) is 20.9 Å². The van der Waals surface area contributed by atoms with Gasteiger partial charge in [-0.2, -0.15) is 0 Å². The highest BCUT2D eigenvalue weighted by molar-refractivity contribution is 5.86. The van der Waals surface area contributed by atoms with Crippen molar-refractivity contribution in [3.8, 4) is 0 Å². The average Bonchev–Trinajstić information content (AvgIpc) is 2.86. The van der Waals surface area contributed by atoms with Crippen LogP contribution in [0.15, 0.2) is 24.5 Å². The molecule has 3 heterocycles. The Balaban J connectivity index is 1.68. The molecule has 6 heteroatoms. The zero-order valence-corrected chi connectivity index (χ0v) is 13.5. The van der Waals surface area contributed by atoms with Crippen molar-refractivity contribution in [1.29, 1.82) is 0 Å². The van der Waals surface area contributed by atoms with Crippen LogP contribution in [0.5, 0.6) is 0 Å². The number of methoxy groups -OCH3 is 1. The number of carbonyl (C=O) groups is 2. The molecule has 0 radical (unpaired) electrons. The van der Waals surface area contributed by atoms with E-state index in [9.17, 15) is 9.59 Å². The Morgan fingerprint density at radius 2 is 2.26 bits per heavy atom. The molecular formula is C17H23N3O3. The highest BCUT2D eigenvalue weighted by Gasteiger charge is 2.49. The maximum Gasteiger partial charge on any atom is 0.248 e. The molecule has 23 heavy (non-hydrogen) atoms. The molecule has 2 aliphatic heterocycles. The number of likely N-dealkylation sites (tertiary alicyclic amines) is 2. The third kappa shape index (κ3) is 3.22. The topological polar surface area (TPSA) is 62.7 Å². The van der Waals surface area contributed by atoms with Crippen LogP contribution in [0, 0.1) is 5.41 Å². The first-order valence-electron chi connectivity index (χ1n) is 8.10. The standard InChI is InChI=1S/C17H23N3O3/c1-23-12-15(21)20-8-3-5-17(13-20)6-9-19(16(17)22)11-14-4-2-7-18-10-14/h2,4,7,10H,3,5-6,8-9,11-13H2,1H3/t17-/m0/s1. The highest BCUT2D eigenvalue weighted by atomic mass is 16.5. The Hall–Kier alpha value is -1.95.